The number of benzene rings is 11. The molecule has 0 atom stereocenters. The Hall–Kier alpha value is -8.86. The van der Waals surface area contributed by atoms with E-state index in [9.17, 15) is 0 Å². The summed E-state index contributed by atoms with van der Waals surface area (Å²) >= 11 is 0. The molecule has 326 valence electrons. The van der Waals surface area contributed by atoms with Crippen molar-refractivity contribution in [3.63, 3.8) is 0 Å². The number of para-hydroxylation sites is 6. The average molecular weight is 885 g/mol. The van der Waals surface area contributed by atoms with Crippen LogP contribution in [0.2, 0.25) is 0 Å². The molecule has 0 aliphatic heterocycles. The lowest BCUT2D eigenvalue weighted by Crippen LogP contribution is -2.24. The lowest BCUT2D eigenvalue weighted by Gasteiger charge is -2.38. The van der Waals surface area contributed by atoms with Crippen LogP contribution in [0, 0.1) is 0 Å². The van der Waals surface area contributed by atoms with Crippen LogP contribution in [0.15, 0.2) is 239 Å². The second kappa shape index (κ2) is 15.1. The molecule has 0 bridgehead atoms. The summed E-state index contributed by atoms with van der Waals surface area (Å²) in [5.74, 6) is 0. The average Bonchev–Trinajstić information content (AvgIpc) is 3.99. The Bertz CT molecular complexity index is 4170. The van der Waals surface area contributed by atoms with Crippen LogP contribution >= 0.6 is 0 Å². The molecule has 1 aliphatic rings. The Morgan fingerprint density at radius 2 is 0.826 bits per heavy atom. The molecule has 0 saturated carbocycles. The van der Waals surface area contributed by atoms with Gasteiger partial charge in [0.25, 0.3) is 0 Å². The maximum Gasteiger partial charge on any atom is 0.159 e. The van der Waals surface area contributed by atoms with E-state index in [4.69, 9.17) is 8.83 Å². The zero-order chi connectivity index (χ0) is 45.8. The van der Waals surface area contributed by atoms with E-state index >= 15 is 0 Å². The third-order valence-electron chi connectivity index (χ3n) is 14.6. The molecule has 0 amide bonds. The van der Waals surface area contributed by atoms with Crippen molar-refractivity contribution in [2.24, 2.45) is 0 Å². The third-order valence-corrected chi connectivity index (χ3v) is 14.6. The van der Waals surface area contributed by atoms with Crippen molar-refractivity contribution in [3.8, 4) is 22.3 Å². The van der Waals surface area contributed by atoms with E-state index in [1.165, 1.54) is 54.9 Å². The molecule has 2 heterocycles. The highest BCUT2D eigenvalue weighted by molar-refractivity contribution is 6.25. The molecule has 69 heavy (non-hydrogen) atoms. The third kappa shape index (κ3) is 5.88. The largest absolute Gasteiger partial charge is 0.454 e. The van der Waals surface area contributed by atoms with Crippen molar-refractivity contribution >= 4 is 99.5 Å². The van der Waals surface area contributed by atoms with Gasteiger partial charge >= 0.3 is 0 Å². The van der Waals surface area contributed by atoms with Gasteiger partial charge in [-0.3, -0.25) is 0 Å². The molecule has 14 rings (SSSR count). The Balaban J connectivity index is 1.02. The van der Waals surface area contributed by atoms with Crippen molar-refractivity contribution in [1.82, 2.24) is 0 Å². The Labute approximate surface area is 399 Å². The first kappa shape index (κ1) is 39.3. The minimum Gasteiger partial charge on any atom is -0.454 e. The van der Waals surface area contributed by atoms with Gasteiger partial charge in [0.2, 0.25) is 0 Å². The smallest absolute Gasteiger partial charge is 0.159 e. The summed E-state index contributed by atoms with van der Waals surface area (Å²) < 4.78 is 13.4. The summed E-state index contributed by atoms with van der Waals surface area (Å²) in [6.07, 6.45) is 0. The zero-order valence-electron chi connectivity index (χ0n) is 38.2. The maximum absolute atomic E-state index is 6.71. The number of anilines is 6. The summed E-state index contributed by atoms with van der Waals surface area (Å²) in [5.41, 5.74) is 16.9. The fourth-order valence-electron chi connectivity index (χ4n) is 11.5. The van der Waals surface area contributed by atoms with Crippen molar-refractivity contribution < 1.29 is 8.83 Å². The van der Waals surface area contributed by atoms with Gasteiger partial charge in [0.05, 0.1) is 11.4 Å². The molecule has 0 fully saturated rings. The lowest BCUT2D eigenvalue weighted by molar-refractivity contribution is 0.645. The Kier molecular flexibility index (Phi) is 8.59. The lowest BCUT2D eigenvalue weighted by atomic mass is 9.66. The van der Waals surface area contributed by atoms with E-state index in [2.05, 4.69) is 242 Å². The molecular formula is C65H44N2O2. The fourth-order valence-corrected chi connectivity index (χ4v) is 11.5. The summed E-state index contributed by atoms with van der Waals surface area (Å²) in [6.45, 7) is 4.79. The van der Waals surface area contributed by atoms with Crippen LogP contribution in [0.25, 0.3) is 87.7 Å². The quantitative estimate of drug-likeness (QED) is 0.149. The maximum atomic E-state index is 6.71. The van der Waals surface area contributed by atoms with E-state index in [1.54, 1.807) is 0 Å². The second-order valence-electron chi connectivity index (χ2n) is 18.8. The van der Waals surface area contributed by atoms with Gasteiger partial charge in [-0.25, -0.2) is 0 Å². The van der Waals surface area contributed by atoms with Gasteiger partial charge < -0.3 is 18.6 Å². The summed E-state index contributed by atoms with van der Waals surface area (Å²) in [4.78, 5) is 4.72. The van der Waals surface area contributed by atoms with Crippen LogP contribution in [0.1, 0.15) is 25.0 Å². The highest BCUT2D eigenvalue weighted by Gasteiger charge is 2.37. The predicted molar refractivity (Wildman–Crippen MR) is 288 cm³/mol. The second-order valence-corrected chi connectivity index (χ2v) is 18.8. The molecule has 13 aromatic rings. The molecule has 2 aromatic heterocycles. The van der Waals surface area contributed by atoms with Gasteiger partial charge in [0, 0.05) is 49.7 Å². The van der Waals surface area contributed by atoms with Gasteiger partial charge in [-0.05, 0) is 128 Å². The number of fused-ring (bicyclic) bond motifs is 10. The normalized spacial score (nSPS) is 12.9. The van der Waals surface area contributed by atoms with Crippen LogP contribution in [-0.4, -0.2) is 0 Å². The van der Waals surface area contributed by atoms with Gasteiger partial charge in [0.15, 0.2) is 11.2 Å². The van der Waals surface area contributed by atoms with Gasteiger partial charge in [-0.2, -0.15) is 0 Å². The number of rotatable bonds is 7. The SMILES string of the molecule is CC1(C)c2cc(N(c3ccccc3)c3cccc4c3oc3ccccc34)ccc2-c2c(-c3ccccc3)c3ccc(N(c4ccccc4)c4cccc5c4oc4ccccc45)cc3c3cccc1c23. The van der Waals surface area contributed by atoms with Crippen molar-refractivity contribution in [2.75, 3.05) is 9.80 Å². The first-order valence-electron chi connectivity index (χ1n) is 23.8. The summed E-state index contributed by atoms with van der Waals surface area (Å²) in [5, 5.41) is 9.36. The molecule has 11 aromatic carbocycles. The van der Waals surface area contributed by atoms with Gasteiger partial charge in [0.1, 0.15) is 11.2 Å². The fraction of sp³-hybridized carbons (Fsp3) is 0.0462. The van der Waals surface area contributed by atoms with Crippen molar-refractivity contribution in [2.45, 2.75) is 19.3 Å². The van der Waals surface area contributed by atoms with Crippen LogP contribution in [0.3, 0.4) is 0 Å². The van der Waals surface area contributed by atoms with Crippen LogP contribution < -0.4 is 9.80 Å². The van der Waals surface area contributed by atoms with E-state index < -0.39 is 0 Å². The molecule has 4 nitrogen and oxygen atoms in total. The molecule has 0 spiro atoms. The van der Waals surface area contributed by atoms with Crippen LogP contribution in [0.4, 0.5) is 34.1 Å². The number of nitrogens with zero attached hydrogens (tertiary/aromatic N) is 2. The highest BCUT2D eigenvalue weighted by Crippen LogP contribution is 2.56. The van der Waals surface area contributed by atoms with E-state index in [1.807, 2.05) is 12.1 Å². The van der Waals surface area contributed by atoms with E-state index in [0.29, 0.717) is 0 Å². The first-order valence-corrected chi connectivity index (χ1v) is 23.8. The molecule has 1 aliphatic carbocycles. The Morgan fingerprint density at radius 3 is 1.43 bits per heavy atom. The monoisotopic (exact) mass is 884 g/mol. The number of hydrogen-bond donors (Lipinski definition) is 0. The molecule has 0 saturated heterocycles. The van der Waals surface area contributed by atoms with Gasteiger partial charge in [-0.1, -0.05) is 172 Å². The zero-order valence-corrected chi connectivity index (χ0v) is 38.2. The van der Waals surface area contributed by atoms with Crippen LogP contribution in [-0.2, 0) is 5.41 Å². The van der Waals surface area contributed by atoms with Crippen molar-refractivity contribution in [1.29, 1.82) is 0 Å². The Morgan fingerprint density at radius 1 is 0.333 bits per heavy atom. The topological polar surface area (TPSA) is 32.8 Å². The highest BCUT2D eigenvalue weighted by atomic mass is 16.3. The predicted octanol–water partition coefficient (Wildman–Crippen LogP) is 18.7. The summed E-state index contributed by atoms with van der Waals surface area (Å²) in [7, 11) is 0. The molecule has 0 radical (unpaired) electrons. The molecule has 0 N–H and O–H groups in total. The number of hydrogen-bond acceptors (Lipinski definition) is 4. The molecule has 4 heteroatoms. The molecule has 0 unspecified atom stereocenters. The van der Waals surface area contributed by atoms with Crippen LogP contribution in [0.5, 0.6) is 0 Å². The minimum absolute atomic E-state index is 0.363. The summed E-state index contributed by atoms with van der Waals surface area (Å²) in [6, 6.07) is 83.1. The number of furan rings is 2. The van der Waals surface area contributed by atoms with E-state index in [-0.39, 0.29) is 5.41 Å². The van der Waals surface area contributed by atoms with Gasteiger partial charge in [-0.15, -0.1) is 0 Å². The molecular weight excluding hydrogens is 841 g/mol. The standard InChI is InChI=1S/C65H44N2O2/c1-65(2)54-30-16-27-48-53-39-44(66(42-21-8-4-9-22-42)56-31-17-28-50-46-25-12-14-33-58(46)68-63(50)56)35-37-49(53)60(41-19-6-3-7-20-41)62(61(48)54)52-38-36-45(40-55(52)65)67(43-23-10-5-11-24-43)57-32-18-29-51-47-26-13-15-34-59(47)69-64(51)57/h3-40H,1-2H3. The first-order chi connectivity index (χ1) is 34.0. The van der Waals surface area contributed by atoms with E-state index in [0.717, 1.165) is 78.0 Å². The van der Waals surface area contributed by atoms with Crippen molar-refractivity contribution in [3.05, 3.63) is 242 Å². The minimum atomic E-state index is -0.363.